The van der Waals surface area contributed by atoms with Gasteiger partial charge in [-0.3, -0.25) is 9.59 Å². The van der Waals surface area contributed by atoms with Gasteiger partial charge in [-0.15, -0.1) is 0 Å². The summed E-state index contributed by atoms with van der Waals surface area (Å²) in [4.78, 5) is 46.2. The van der Waals surface area contributed by atoms with Gasteiger partial charge < -0.3 is 19.4 Å². The van der Waals surface area contributed by atoms with Crippen LogP contribution in [0.2, 0.25) is 0 Å². The SMILES string of the molecule is O=C(c1ccc(F)cn1)N1CCC2(CCCN(c3ncccn3)CCN(Cc3ccccc3)C(=O)c3ccccc3OC2)CC1. The van der Waals surface area contributed by atoms with Crippen molar-refractivity contribution >= 4 is 17.8 Å². The Hall–Kier alpha value is -4.86. The van der Waals surface area contributed by atoms with Gasteiger partial charge in [-0.2, -0.15) is 0 Å². The minimum Gasteiger partial charge on any atom is -0.492 e. The molecule has 0 N–H and O–H groups in total. The average molecular weight is 609 g/mol. The van der Waals surface area contributed by atoms with Crippen molar-refractivity contribution in [2.45, 2.75) is 32.2 Å². The van der Waals surface area contributed by atoms with Crippen LogP contribution in [0.1, 0.15) is 52.1 Å². The third kappa shape index (κ3) is 7.28. The number of aromatic nitrogens is 3. The Morgan fingerprint density at radius 3 is 2.33 bits per heavy atom. The van der Waals surface area contributed by atoms with E-state index in [-0.39, 0.29) is 22.9 Å². The van der Waals surface area contributed by atoms with Crippen molar-refractivity contribution in [2.24, 2.45) is 5.41 Å². The first-order valence-electron chi connectivity index (χ1n) is 15.5. The maximum Gasteiger partial charge on any atom is 0.272 e. The lowest BCUT2D eigenvalue weighted by atomic mass is 9.75. The predicted molar refractivity (Wildman–Crippen MR) is 168 cm³/mol. The molecule has 2 amide bonds. The minimum absolute atomic E-state index is 0.0936. The summed E-state index contributed by atoms with van der Waals surface area (Å²) in [5.41, 5.74) is 1.61. The molecule has 0 radical (unpaired) electrons. The van der Waals surface area contributed by atoms with Gasteiger partial charge in [0.1, 0.15) is 17.3 Å². The minimum atomic E-state index is -0.470. The molecule has 2 aromatic heterocycles. The predicted octanol–water partition coefficient (Wildman–Crippen LogP) is 5.25. The molecule has 0 saturated carbocycles. The standard InChI is InChI=1S/C35H37FN6O3/c36-28-12-13-30(39-24-28)33(44)40-20-15-35(16-21-40)14-6-19-41(34-37-17-7-18-38-34)22-23-42(25-27-8-2-1-3-9-27)32(43)29-10-4-5-11-31(29)45-26-35/h1-5,7-13,17-18,24H,6,14-16,19-23,25-26H2. The summed E-state index contributed by atoms with van der Waals surface area (Å²) in [6.07, 6.45) is 7.76. The smallest absolute Gasteiger partial charge is 0.272 e. The van der Waals surface area contributed by atoms with E-state index in [9.17, 15) is 14.0 Å². The number of hydrogen-bond donors (Lipinski definition) is 0. The van der Waals surface area contributed by atoms with Gasteiger partial charge in [-0.25, -0.2) is 19.3 Å². The summed E-state index contributed by atoms with van der Waals surface area (Å²) in [5, 5.41) is 0. The highest BCUT2D eigenvalue weighted by molar-refractivity contribution is 5.97. The summed E-state index contributed by atoms with van der Waals surface area (Å²) in [7, 11) is 0. The fourth-order valence-electron chi connectivity index (χ4n) is 6.19. The summed E-state index contributed by atoms with van der Waals surface area (Å²) in [5.74, 6) is 0.442. The van der Waals surface area contributed by atoms with Gasteiger partial charge in [0, 0.05) is 57.1 Å². The van der Waals surface area contributed by atoms with Crippen molar-refractivity contribution < 1.29 is 18.7 Å². The van der Waals surface area contributed by atoms with E-state index in [1.807, 2.05) is 59.5 Å². The van der Waals surface area contributed by atoms with E-state index in [2.05, 4.69) is 19.9 Å². The molecule has 4 aromatic rings. The number of anilines is 1. The van der Waals surface area contributed by atoms with Gasteiger partial charge in [0.15, 0.2) is 0 Å². The number of likely N-dealkylation sites (tertiary alicyclic amines) is 1. The zero-order chi connectivity index (χ0) is 31.1. The van der Waals surface area contributed by atoms with Crippen molar-refractivity contribution in [2.75, 3.05) is 44.2 Å². The third-order valence-corrected chi connectivity index (χ3v) is 8.82. The van der Waals surface area contributed by atoms with Crippen molar-refractivity contribution in [3.63, 3.8) is 0 Å². The molecule has 9 nitrogen and oxygen atoms in total. The number of piperidine rings is 1. The number of nitrogens with zero attached hydrogens (tertiary/aromatic N) is 6. The van der Waals surface area contributed by atoms with Crippen molar-refractivity contribution in [3.05, 3.63) is 114 Å². The van der Waals surface area contributed by atoms with Crippen molar-refractivity contribution in [3.8, 4) is 5.75 Å². The molecule has 0 bridgehead atoms. The number of ether oxygens (including phenoxy) is 1. The third-order valence-electron chi connectivity index (χ3n) is 8.82. The monoisotopic (exact) mass is 608 g/mol. The number of para-hydroxylation sites is 1. The quantitative estimate of drug-likeness (QED) is 0.312. The number of fused-ring (bicyclic) bond motifs is 1. The van der Waals surface area contributed by atoms with E-state index in [0.29, 0.717) is 63.1 Å². The molecule has 2 aliphatic rings. The molecule has 232 valence electrons. The van der Waals surface area contributed by atoms with E-state index >= 15 is 0 Å². The molecule has 1 fully saturated rings. The number of rotatable bonds is 4. The summed E-state index contributed by atoms with van der Waals surface area (Å²) < 4.78 is 19.9. The van der Waals surface area contributed by atoms with E-state index in [4.69, 9.17) is 4.74 Å². The number of carbonyl (C=O) groups excluding carboxylic acids is 2. The van der Waals surface area contributed by atoms with E-state index in [0.717, 1.165) is 37.4 Å². The van der Waals surface area contributed by atoms with Gasteiger partial charge in [-0.05, 0) is 61.6 Å². The molecule has 2 aromatic carbocycles. The number of pyridine rings is 1. The van der Waals surface area contributed by atoms with E-state index in [1.165, 1.54) is 12.1 Å². The van der Waals surface area contributed by atoms with Crippen LogP contribution in [-0.4, -0.2) is 75.9 Å². The van der Waals surface area contributed by atoms with Crippen LogP contribution in [-0.2, 0) is 6.54 Å². The van der Waals surface area contributed by atoms with Gasteiger partial charge in [0.05, 0.1) is 18.4 Å². The second-order valence-corrected chi connectivity index (χ2v) is 11.8. The molecule has 6 rings (SSSR count). The Morgan fingerprint density at radius 1 is 0.822 bits per heavy atom. The first-order chi connectivity index (χ1) is 22.0. The van der Waals surface area contributed by atoms with Crippen LogP contribution in [0.3, 0.4) is 0 Å². The van der Waals surface area contributed by atoms with Crippen LogP contribution in [0.15, 0.2) is 91.4 Å². The van der Waals surface area contributed by atoms with Crippen molar-refractivity contribution in [1.29, 1.82) is 0 Å². The molecule has 4 heterocycles. The highest BCUT2D eigenvalue weighted by Crippen LogP contribution is 2.38. The topological polar surface area (TPSA) is 91.8 Å². The van der Waals surface area contributed by atoms with E-state index in [1.54, 1.807) is 23.4 Å². The fraction of sp³-hybridized carbons (Fsp3) is 0.343. The molecular formula is C35H37FN6O3. The molecular weight excluding hydrogens is 571 g/mol. The molecule has 1 saturated heterocycles. The normalized spacial score (nSPS) is 17.4. The van der Waals surface area contributed by atoms with Crippen LogP contribution in [0, 0.1) is 11.2 Å². The molecule has 0 aliphatic carbocycles. The van der Waals surface area contributed by atoms with Crippen LogP contribution < -0.4 is 9.64 Å². The van der Waals surface area contributed by atoms with Gasteiger partial charge in [0.25, 0.3) is 11.8 Å². The maximum atomic E-state index is 14.2. The lowest BCUT2D eigenvalue weighted by Crippen LogP contribution is -2.46. The number of amides is 2. The van der Waals surface area contributed by atoms with Crippen LogP contribution in [0.4, 0.5) is 10.3 Å². The molecule has 2 aliphatic heterocycles. The second kappa shape index (κ2) is 13.8. The van der Waals surface area contributed by atoms with Crippen molar-refractivity contribution in [1.82, 2.24) is 24.8 Å². The second-order valence-electron chi connectivity index (χ2n) is 11.8. The molecule has 1 spiro atoms. The number of carbonyl (C=O) groups is 2. The van der Waals surface area contributed by atoms with Gasteiger partial charge >= 0.3 is 0 Å². The van der Waals surface area contributed by atoms with E-state index < -0.39 is 5.82 Å². The lowest BCUT2D eigenvalue weighted by molar-refractivity contribution is 0.0360. The highest BCUT2D eigenvalue weighted by Gasteiger charge is 2.38. The maximum absolute atomic E-state index is 14.2. The molecule has 0 atom stereocenters. The Kier molecular flexibility index (Phi) is 9.28. The average Bonchev–Trinajstić information content (AvgIpc) is 3.10. The highest BCUT2D eigenvalue weighted by atomic mass is 19.1. The lowest BCUT2D eigenvalue weighted by Gasteiger charge is -2.42. The van der Waals surface area contributed by atoms with Gasteiger partial charge in [-0.1, -0.05) is 42.5 Å². The fourth-order valence-corrected chi connectivity index (χ4v) is 6.19. The van der Waals surface area contributed by atoms with Gasteiger partial charge in [0.2, 0.25) is 5.95 Å². The first-order valence-corrected chi connectivity index (χ1v) is 15.5. The number of hydrogen-bond acceptors (Lipinski definition) is 7. The Bertz CT molecular complexity index is 1580. The summed E-state index contributed by atoms with van der Waals surface area (Å²) in [6, 6.07) is 21.9. The van der Waals surface area contributed by atoms with Crippen LogP contribution >= 0.6 is 0 Å². The zero-order valence-corrected chi connectivity index (χ0v) is 25.2. The Labute approximate surface area is 262 Å². The summed E-state index contributed by atoms with van der Waals surface area (Å²) >= 11 is 0. The number of benzene rings is 2. The summed E-state index contributed by atoms with van der Waals surface area (Å²) in [6.45, 7) is 3.75. The first kappa shape index (κ1) is 30.2. The Morgan fingerprint density at radius 2 is 1.58 bits per heavy atom. The molecule has 0 unspecified atom stereocenters. The molecule has 10 heteroatoms. The zero-order valence-electron chi connectivity index (χ0n) is 25.2. The molecule has 45 heavy (non-hydrogen) atoms. The van der Waals surface area contributed by atoms with Crippen LogP contribution in [0.5, 0.6) is 5.75 Å². The Balaban J connectivity index is 1.26. The number of halogens is 1. The van der Waals surface area contributed by atoms with Crippen LogP contribution in [0.25, 0.3) is 0 Å². The largest absolute Gasteiger partial charge is 0.492 e.